The number of rotatable bonds is 2. The topological polar surface area (TPSA) is 62.2 Å². The number of carbonyl (C=O) groups is 1. The van der Waals surface area contributed by atoms with Gasteiger partial charge in [0.25, 0.3) is 5.91 Å². The summed E-state index contributed by atoms with van der Waals surface area (Å²) in [5.74, 6) is 5.17. The van der Waals surface area contributed by atoms with E-state index in [-0.39, 0.29) is 12.5 Å². The molecular formula is C13H10N2O2S. The molecule has 0 saturated carbocycles. The van der Waals surface area contributed by atoms with Gasteiger partial charge in [0, 0.05) is 11.3 Å². The van der Waals surface area contributed by atoms with E-state index in [0.29, 0.717) is 10.6 Å². The first-order valence-electron chi connectivity index (χ1n) is 5.19. The Bertz CT molecular complexity index is 580. The maximum absolute atomic E-state index is 11.7. The van der Waals surface area contributed by atoms with E-state index in [4.69, 9.17) is 5.11 Å². The smallest absolute Gasteiger partial charge is 0.267 e. The van der Waals surface area contributed by atoms with Crippen LogP contribution in [0.4, 0.5) is 5.69 Å². The van der Waals surface area contributed by atoms with Gasteiger partial charge in [-0.05, 0) is 24.3 Å². The third-order valence-electron chi connectivity index (χ3n) is 2.11. The van der Waals surface area contributed by atoms with Crippen LogP contribution >= 0.6 is 11.3 Å². The molecule has 0 atom stereocenters. The Labute approximate surface area is 108 Å². The minimum atomic E-state index is -0.174. The average Bonchev–Trinajstić information content (AvgIpc) is 2.92. The summed E-state index contributed by atoms with van der Waals surface area (Å²) >= 11 is 1.29. The lowest BCUT2D eigenvalue weighted by Gasteiger charge is -2.02. The van der Waals surface area contributed by atoms with Crippen LogP contribution in [0.1, 0.15) is 15.2 Å². The van der Waals surface area contributed by atoms with E-state index in [1.807, 2.05) is 0 Å². The number of benzene rings is 1. The van der Waals surface area contributed by atoms with Crippen molar-refractivity contribution in [3.63, 3.8) is 0 Å². The molecule has 0 unspecified atom stereocenters. The quantitative estimate of drug-likeness (QED) is 0.806. The van der Waals surface area contributed by atoms with Crippen LogP contribution in [0.15, 0.2) is 36.0 Å². The van der Waals surface area contributed by atoms with Crippen molar-refractivity contribution in [2.24, 2.45) is 0 Å². The number of nitrogens with one attached hydrogen (secondary N) is 1. The highest BCUT2D eigenvalue weighted by Gasteiger charge is 2.06. The Balaban J connectivity index is 2.04. The van der Waals surface area contributed by atoms with Crippen LogP contribution in [0.3, 0.4) is 0 Å². The van der Waals surface area contributed by atoms with Crippen molar-refractivity contribution in [2.75, 3.05) is 11.9 Å². The zero-order valence-electron chi connectivity index (χ0n) is 9.38. The van der Waals surface area contributed by atoms with E-state index >= 15 is 0 Å². The molecule has 1 heterocycles. The molecule has 0 spiro atoms. The Hall–Kier alpha value is -2.16. The normalized spacial score (nSPS) is 9.39. The lowest BCUT2D eigenvalue weighted by Crippen LogP contribution is -2.09. The summed E-state index contributed by atoms with van der Waals surface area (Å²) in [6.45, 7) is -0.163. The summed E-state index contributed by atoms with van der Waals surface area (Å²) in [6.07, 6.45) is 1.53. The van der Waals surface area contributed by atoms with E-state index in [0.717, 1.165) is 5.56 Å². The monoisotopic (exact) mass is 258 g/mol. The van der Waals surface area contributed by atoms with Crippen molar-refractivity contribution in [2.45, 2.75) is 0 Å². The summed E-state index contributed by atoms with van der Waals surface area (Å²) in [7, 11) is 0. The lowest BCUT2D eigenvalue weighted by molar-refractivity contribution is 0.103. The molecule has 1 aromatic carbocycles. The molecule has 0 radical (unpaired) electrons. The molecule has 18 heavy (non-hydrogen) atoms. The SMILES string of the molecule is O=C(Nc1ccc(C#CCO)cc1)c1cncs1. The largest absolute Gasteiger partial charge is 0.384 e. The number of nitrogens with zero attached hydrogens (tertiary/aromatic N) is 1. The van der Waals surface area contributed by atoms with Gasteiger partial charge in [0.05, 0.1) is 11.7 Å². The van der Waals surface area contributed by atoms with E-state index in [1.165, 1.54) is 17.5 Å². The van der Waals surface area contributed by atoms with Crippen molar-refractivity contribution >= 4 is 22.9 Å². The molecule has 2 rings (SSSR count). The number of amides is 1. The molecule has 4 nitrogen and oxygen atoms in total. The van der Waals surface area contributed by atoms with Crippen molar-refractivity contribution in [1.82, 2.24) is 4.98 Å². The van der Waals surface area contributed by atoms with Crippen LogP contribution in [0, 0.1) is 11.8 Å². The Morgan fingerprint density at radius 2 is 2.17 bits per heavy atom. The van der Waals surface area contributed by atoms with Crippen molar-refractivity contribution in [1.29, 1.82) is 0 Å². The number of thiazole rings is 1. The standard InChI is InChI=1S/C13H10N2O2S/c16-7-1-2-10-3-5-11(6-4-10)15-13(17)12-8-14-9-18-12/h3-6,8-9,16H,7H2,(H,15,17). The first-order valence-corrected chi connectivity index (χ1v) is 6.07. The van der Waals surface area contributed by atoms with Crippen LogP contribution in [-0.4, -0.2) is 22.6 Å². The van der Waals surface area contributed by atoms with Crippen LogP contribution in [0.25, 0.3) is 0 Å². The second-order valence-corrected chi connectivity index (χ2v) is 4.24. The maximum Gasteiger partial charge on any atom is 0.267 e. The van der Waals surface area contributed by atoms with E-state index in [9.17, 15) is 4.79 Å². The summed E-state index contributed by atoms with van der Waals surface area (Å²) in [4.78, 5) is 16.1. The number of aromatic nitrogens is 1. The second-order valence-electron chi connectivity index (χ2n) is 3.36. The number of aliphatic hydroxyl groups excluding tert-OH is 1. The third-order valence-corrected chi connectivity index (χ3v) is 2.88. The first kappa shape index (κ1) is 12.3. The zero-order chi connectivity index (χ0) is 12.8. The molecule has 0 aliphatic rings. The molecule has 0 aliphatic heterocycles. The van der Waals surface area contributed by atoms with Gasteiger partial charge in [0.2, 0.25) is 0 Å². The number of hydrogen-bond acceptors (Lipinski definition) is 4. The fourth-order valence-corrected chi connectivity index (χ4v) is 1.81. The van der Waals surface area contributed by atoms with Gasteiger partial charge >= 0.3 is 0 Å². The van der Waals surface area contributed by atoms with Gasteiger partial charge in [-0.1, -0.05) is 11.8 Å². The van der Waals surface area contributed by atoms with E-state index in [1.54, 1.807) is 29.8 Å². The summed E-state index contributed by atoms with van der Waals surface area (Å²) < 4.78 is 0. The van der Waals surface area contributed by atoms with Gasteiger partial charge in [-0.15, -0.1) is 11.3 Å². The third kappa shape index (κ3) is 3.17. The highest BCUT2D eigenvalue weighted by atomic mass is 32.1. The molecule has 0 aliphatic carbocycles. The number of carbonyl (C=O) groups excluding carboxylic acids is 1. The molecule has 0 fully saturated rings. The van der Waals surface area contributed by atoms with Crippen LogP contribution in [-0.2, 0) is 0 Å². The number of aliphatic hydroxyl groups is 1. The molecule has 0 bridgehead atoms. The predicted molar refractivity (Wildman–Crippen MR) is 70.5 cm³/mol. The molecule has 2 N–H and O–H groups in total. The van der Waals surface area contributed by atoms with Gasteiger partial charge < -0.3 is 10.4 Å². The van der Waals surface area contributed by atoms with Gasteiger partial charge in [0.15, 0.2) is 0 Å². The highest BCUT2D eigenvalue weighted by Crippen LogP contribution is 2.12. The minimum absolute atomic E-state index is 0.163. The van der Waals surface area contributed by atoms with E-state index in [2.05, 4.69) is 22.1 Å². The molecular weight excluding hydrogens is 248 g/mol. The molecule has 0 saturated heterocycles. The fraction of sp³-hybridized carbons (Fsp3) is 0.0769. The second kappa shape index (κ2) is 5.96. The fourth-order valence-electron chi connectivity index (χ4n) is 1.30. The number of hydrogen-bond donors (Lipinski definition) is 2. The van der Waals surface area contributed by atoms with Gasteiger partial charge in [-0.3, -0.25) is 9.78 Å². The summed E-state index contributed by atoms with van der Waals surface area (Å²) in [5.41, 5.74) is 3.10. The Kier molecular flexibility index (Phi) is 4.07. The maximum atomic E-state index is 11.7. The van der Waals surface area contributed by atoms with Crippen molar-refractivity contribution in [3.05, 3.63) is 46.4 Å². The molecule has 1 amide bonds. The van der Waals surface area contributed by atoms with E-state index < -0.39 is 0 Å². The zero-order valence-corrected chi connectivity index (χ0v) is 10.2. The van der Waals surface area contributed by atoms with Crippen molar-refractivity contribution in [3.8, 4) is 11.8 Å². The Morgan fingerprint density at radius 3 is 2.78 bits per heavy atom. The minimum Gasteiger partial charge on any atom is -0.384 e. The Morgan fingerprint density at radius 1 is 1.39 bits per heavy atom. The number of anilines is 1. The summed E-state index contributed by atoms with van der Waals surface area (Å²) in [6, 6.07) is 7.09. The highest BCUT2D eigenvalue weighted by molar-refractivity contribution is 7.11. The first-order chi connectivity index (χ1) is 8.79. The predicted octanol–water partition coefficient (Wildman–Crippen LogP) is 1.74. The van der Waals surface area contributed by atoms with Crippen molar-refractivity contribution < 1.29 is 9.90 Å². The van der Waals surface area contributed by atoms with Gasteiger partial charge in [0.1, 0.15) is 11.5 Å². The average molecular weight is 258 g/mol. The molecule has 2 aromatic rings. The van der Waals surface area contributed by atoms with Crippen LogP contribution in [0.5, 0.6) is 0 Å². The van der Waals surface area contributed by atoms with Gasteiger partial charge in [-0.2, -0.15) is 0 Å². The van der Waals surface area contributed by atoms with Gasteiger partial charge in [-0.25, -0.2) is 0 Å². The molecule has 90 valence electrons. The molecule has 5 heteroatoms. The summed E-state index contributed by atoms with van der Waals surface area (Å²) in [5, 5.41) is 11.3. The molecule has 1 aromatic heterocycles. The van der Waals surface area contributed by atoms with Crippen LogP contribution < -0.4 is 5.32 Å². The lowest BCUT2D eigenvalue weighted by atomic mass is 10.2. The van der Waals surface area contributed by atoms with Crippen LogP contribution in [0.2, 0.25) is 0 Å².